The average Bonchev–Trinajstić information content (AvgIpc) is 2.67. The van der Waals surface area contributed by atoms with Crippen LogP contribution in [-0.2, 0) is 11.3 Å². The summed E-state index contributed by atoms with van der Waals surface area (Å²) in [5.41, 5.74) is 2.55. The first-order valence-corrected chi connectivity index (χ1v) is 8.38. The third-order valence-corrected chi connectivity index (χ3v) is 4.27. The summed E-state index contributed by atoms with van der Waals surface area (Å²) >= 11 is 0. The number of nitrogens with zero attached hydrogens (tertiary/aromatic N) is 2. The summed E-state index contributed by atoms with van der Waals surface area (Å²) < 4.78 is 10.6. The Morgan fingerprint density at radius 3 is 2.76 bits per heavy atom. The normalized spacial score (nSPS) is 14.2. The number of aromatic nitrogens is 1. The van der Waals surface area contributed by atoms with Crippen molar-refractivity contribution >= 4 is 11.7 Å². The smallest absolute Gasteiger partial charge is 0.251 e. The molecule has 6 heteroatoms. The molecule has 1 aliphatic rings. The highest BCUT2D eigenvalue weighted by atomic mass is 16.5. The van der Waals surface area contributed by atoms with Gasteiger partial charge in [-0.05, 0) is 36.2 Å². The van der Waals surface area contributed by atoms with Crippen molar-refractivity contribution in [3.63, 3.8) is 0 Å². The summed E-state index contributed by atoms with van der Waals surface area (Å²) in [6, 6.07) is 9.42. The second kappa shape index (κ2) is 7.98. The van der Waals surface area contributed by atoms with Crippen LogP contribution in [0.2, 0.25) is 0 Å². The molecule has 0 spiro atoms. The first-order valence-electron chi connectivity index (χ1n) is 8.38. The number of rotatable bonds is 5. The monoisotopic (exact) mass is 341 g/mol. The van der Waals surface area contributed by atoms with Gasteiger partial charge in [0.25, 0.3) is 5.91 Å². The maximum atomic E-state index is 12.3. The molecule has 0 radical (unpaired) electrons. The maximum absolute atomic E-state index is 12.3. The number of anilines is 1. The van der Waals surface area contributed by atoms with Crippen molar-refractivity contribution in [2.24, 2.45) is 0 Å². The van der Waals surface area contributed by atoms with Gasteiger partial charge in [0.1, 0.15) is 11.6 Å². The molecule has 0 unspecified atom stereocenters. The van der Waals surface area contributed by atoms with Crippen molar-refractivity contribution in [1.82, 2.24) is 10.3 Å². The first-order chi connectivity index (χ1) is 12.2. The minimum Gasteiger partial charge on any atom is -0.496 e. The van der Waals surface area contributed by atoms with Crippen molar-refractivity contribution in [3.05, 3.63) is 53.2 Å². The molecule has 1 N–H and O–H groups in total. The zero-order valence-corrected chi connectivity index (χ0v) is 14.6. The Kier molecular flexibility index (Phi) is 5.50. The van der Waals surface area contributed by atoms with Gasteiger partial charge in [0, 0.05) is 31.4 Å². The Morgan fingerprint density at radius 2 is 2.08 bits per heavy atom. The molecule has 0 aliphatic carbocycles. The van der Waals surface area contributed by atoms with E-state index >= 15 is 0 Å². The third kappa shape index (κ3) is 4.28. The van der Waals surface area contributed by atoms with Crippen LogP contribution < -0.4 is 15.0 Å². The van der Waals surface area contributed by atoms with Crippen molar-refractivity contribution in [2.75, 3.05) is 38.3 Å². The second-order valence-electron chi connectivity index (χ2n) is 5.99. The van der Waals surface area contributed by atoms with E-state index in [0.717, 1.165) is 43.2 Å². The van der Waals surface area contributed by atoms with Gasteiger partial charge < -0.3 is 19.7 Å². The highest BCUT2D eigenvalue weighted by molar-refractivity contribution is 5.94. The van der Waals surface area contributed by atoms with E-state index in [2.05, 4.69) is 15.2 Å². The van der Waals surface area contributed by atoms with E-state index in [0.29, 0.717) is 17.9 Å². The van der Waals surface area contributed by atoms with Crippen LogP contribution in [0.25, 0.3) is 0 Å². The van der Waals surface area contributed by atoms with E-state index in [9.17, 15) is 4.79 Å². The van der Waals surface area contributed by atoms with E-state index in [1.807, 2.05) is 25.1 Å². The molecule has 1 amide bonds. The highest BCUT2D eigenvalue weighted by Gasteiger charge is 2.12. The molecular weight excluding hydrogens is 318 g/mol. The van der Waals surface area contributed by atoms with Crippen molar-refractivity contribution < 1.29 is 14.3 Å². The molecule has 132 valence electrons. The van der Waals surface area contributed by atoms with Gasteiger partial charge in [-0.15, -0.1) is 0 Å². The summed E-state index contributed by atoms with van der Waals surface area (Å²) in [5.74, 6) is 1.53. The van der Waals surface area contributed by atoms with E-state index < -0.39 is 0 Å². The number of amides is 1. The van der Waals surface area contributed by atoms with Crippen molar-refractivity contribution in [2.45, 2.75) is 13.5 Å². The summed E-state index contributed by atoms with van der Waals surface area (Å²) in [4.78, 5) is 19.0. The van der Waals surface area contributed by atoms with Crippen LogP contribution in [0.15, 0.2) is 36.5 Å². The Balaban J connectivity index is 1.58. The quantitative estimate of drug-likeness (QED) is 0.903. The number of ether oxygens (including phenoxy) is 2. The van der Waals surface area contributed by atoms with Gasteiger partial charge in [-0.25, -0.2) is 4.98 Å². The summed E-state index contributed by atoms with van der Waals surface area (Å²) in [7, 11) is 1.60. The number of aryl methyl sites for hydroxylation is 1. The van der Waals surface area contributed by atoms with E-state index in [1.165, 1.54) is 0 Å². The Morgan fingerprint density at radius 1 is 1.28 bits per heavy atom. The fourth-order valence-electron chi connectivity index (χ4n) is 2.75. The van der Waals surface area contributed by atoms with Crippen molar-refractivity contribution in [3.8, 4) is 5.75 Å². The average molecular weight is 341 g/mol. The molecule has 1 aromatic carbocycles. The number of morpholine rings is 1. The van der Waals surface area contributed by atoms with Crippen LogP contribution in [0.5, 0.6) is 5.75 Å². The number of benzene rings is 1. The molecule has 1 fully saturated rings. The van der Waals surface area contributed by atoms with Gasteiger partial charge in [0.05, 0.1) is 20.3 Å². The molecule has 1 aromatic heterocycles. The highest BCUT2D eigenvalue weighted by Crippen LogP contribution is 2.19. The number of pyridine rings is 1. The first kappa shape index (κ1) is 17.2. The van der Waals surface area contributed by atoms with Gasteiger partial charge in [-0.2, -0.15) is 0 Å². The molecule has 1 saturated heterocycles. The van der Waals surface area contributed by atoms with Gasteiger partial charge in [-0.1, -0.05) is 12.1 Å². The lowest BCUT2D eigenvalue weighted by atomic mass is 10.1. The Labute approximate surface area is 147 Å². The zero-order valence-electron chi connectivity index (χ0n) is 14.6. The lowest BCUT2D eigenvalue weighted by molar-refractivity contribution is 0.0950. The number of hydrogen-bond donors (Lipinski definition) is 1. The van der Waals surface area contributed by atoms with Gasteiger partial charge in [-0.3, -0.25) is 4.79 Å². The standard InChI is InChI=1S/C19H23N3O3/c1-14-3-5-16(11-17(14)24-2)19(23)21-13-15-4-6-18(20-12-15)22-7-9-25-10-8-22/h3-6,11-12H,7-10,13H2,1-2H3,(H,21,23). The summed E-state index contributed by atoms with van der Waals surface area (Å²) in [6.07, 6.45) is 1.81. The second-order valence-corrected chi connectivity index (χ2v) is 5.99. The number of carbonyl (C=O) groups excluding carboxylic acids is 1. The number of nitrogens with one attached hydrogen (secondary N) is 1. The molecule has 25 heavy (non-hydrogen) atoms. The van der Waals surface area contributed by atoms with Gasteiger partial charge in [0.2, 0.25) is 0 Å². The largest absolute Gasteiger partial charge is 0.496 e. The van der Waals surface area contributed by atoms with Crippen LogP contribution >= 0.6 is 0 Å². The minimum atomic E-state index is -0.129. The SMILES string of the molecule is COc1cc(C(=O)NCc2ccc(N3CCOCC3)nc2)ccc1C. The molecule has 0 bridgehead atoms. The van der Waals surface area contributed by atoms with Crippen LogP contribution in [0.4, 0.5) is 5.82 Å². The molecule has 6 nitrogen and oxygen atoms in total. The van der Waals surface area contributed by atoms with E-state index in [-0.39, 0.29) is 5.91 Å². The van der Waals surface area contributed by atoms with Gasteiger partial charge >= 0.3 is 0 Å². The van der Waals surface area contributed by atoms with E-state index in [4.69, 9.17) is 9.47 Å². The fourth-order valence-corrected chi connectivity index (χ4v) is 2.75. The molecule has 2 aromatic rings. The fraction of sp³-hybridized carbons (Fsp3) is 0.368. The summed E-state index contributed by atoms with van der Waals surface area (Å²) in [5, 5.41) is 2.92. The van der Waals surface area contributed by atoms with Crippen LogP contribution in [0.1, 0.15) is 21.5 Å². The Hall–Kier alpha value is -2.60. The molecule has 0 atom stereocenters. The van der Waals surface area contributed by atoms with Crippen LogP contribution in [0, 0.1) is 6.92 Å². The predicted molar refractivity (Wildman–Crippen MR) is 96.2 cm³/mol. The molecule has 1 aliphatic heterocycles. The predicted octanol–water partition coefficient (Wildman–Crippen LogP) is 2.17. The van der Waals surface area contributed by atoms with Gasteiger partial charge in [0.15, 0.2) is 0 Å². The number of methoxy groups -OCH3 is 1. The van der Waals surface area contributed by atoms with Crippen LogP contribution in [0.3, 0.4) is 0 Å². The number of carbonyl (C=O) groups is 1. The molecule has 3 rings (SSSR count). The topological polar surface area (TPSA) is 63.7 Å². The Bertz CT molecular complexity index is 725. The van der Waals surface area contributed by atoms with E-state index in [1.54, 1.807) is 25.4 Å². The zero-order chi connectivity index (χ0) is 17.6. The molecular formula is C19H23N3O3. The lowest BCUT2D eigenvalue weighted by Gasteiger charge is -2.27. The van der Waals surface area contributed by atoms with Crippen molar-refractivity contribution in [1.29, 1.82) is 0 Å². The van der Waals surface area contributed by atoms with Crippen LogP contribution in [-0.4, -0.2) is 44.3 Å². The maximum Gasteiger partial charge on any atom is 0.251 e. The molecule has 0 saturated carbocycles. The summed E-state index contributed by atoms with van der Waals surface area (Å²) in [6.45, 7) is 5.57. The third-order valence-electron chi connectivity index (χ3n) is 4.27. The number of hydrogen-bond acceptors (Lipinski definition) is 5. The minimum absolute atomic E-state index is 0.129. The molecule has 2 heterocycles. The lowest BCUT2D eigenvalue weighted by Crippen LogP contribution is -2.36.